The molecule has 8 heteroatoms. The summed E-state index contributed by atoms with van der Waals surface area (Å²) in [4.78, 5) is 15.5. The summed E-state index contributed by atoms with van der Waals surface area (Å²) in [5, 5.41) is 2.96. The molecule has 7 nitrogen and oxygen atoms in total. The Kier molecular flexibility index (Phi) is 7.90. The molecule has 0 radical (unpaired) electrons. The molecule has 0 saturated carbocycles. The predicted octanol–water partition coefficient (Wildman–Crippen LogP) is 3.00. The SMILES string of the molecule is CC[C@@H]1CN([C@H](CC)C(=O)Nc2ccc(C)c(S(=O)(=O)N3CCCCC3)c2)CCO1. The summed E-state index contributed by atoms with van der Waals surface area (Å²) in [5.74, 6) is -0.0978. The van der Waals surface area contributed by atoms with E-state index in [2.05, 4.69) is 17.1 Å². The van der Waals surface area contributed by atoms with Crippen LogP contribution in [0.2, 0.25) is 0 Å². The number of benzene rings is 1. The van der Waals surface area contributed by atoms with Gasteiger partial charge in [-0.2, -0.15) is 4.31 Å². The molecule has 2 saturated heterocycles. The molecular formula is C22H35N3O4S. The van der Waals surface area contributed by atoms with Crippen molar-refractivity contribution in [2.75, 3.05) is 38.1 Å². The van der Waals surface area contributed by atoms with Crippen LogP contribution in [0, 0.1) is 6.92 Å². The number of hydrogen-bond acceptors (Lipinski definition) is 5. The van der Waals surface area contributed by atoms with Crippen LogP contribution in [0.15, 0.2) is 23.1 Å². The van der Waals surface area contributed by atoms with Crippen molar-refractivity contribution in [2.45, 2.75) is 69.9 Å². The quantitative estimate of drug-likeness (QED) is 0.709. The van der Waals surface area contributed by atoms with Crippen molar-refractivity contribution in [2.24, 2.45) is 0 Å². The highest BCUT2D eigenvalue weighted by atomic mass is 32.2. The number of rotatable bonds is 7. The molecule has 2 atom stereocenters. The first kappa shape index (κ1) is 23.2. The van der Waals surface area contributed by atoms with Crippen LogP contribution >= 0.6 is 0 Å². The maximum atomic E-state index is 13.1. The Labute approximate surface area is 180 Å². The van der Waals surface area contributed by atoms with E-state index in [-0.39, 0.29) is 22.9 Å². The van der Waals surface area contributed by atoms with Gasteiger partial charge in [-0.3, -0.25) is 9.69 Å². The zero-order chi connectivity index (χ0) is 21.7. The number of carbonyl (C=O) groups is 1. The van der Waals surface area contributed by atoms with Crippen molar-refractivity contribution >= 4 is 21.6 Å². The normalized spacial score (nSPS) is 22.6. The third-order valence-electron chi connectivity index (χ3n) is 6.14. The van der Waals surface area contributed by atoms with Crippen LogP contribution in [0.25, 0.3) is 0 Å². The molecule has 0 spiro atoms. The van der Waals surface area contributed by atoms with Crippen LogP contribution in [-0.2, 0) is 19.6 Å². The molecule has 0 bridgehead atoms. The van der Waals surface area contributed by atoms with Crippen molar-refractivity contribution in [3.05, 3.63) is 23.8 Å². The van der Waals surface area contributed by atoms with Gasteiger partial charge < -0.3 is 10.1 Å². The fourth-order valence-electron chi connectivity index (χ4n) is 4.31. The molecule has 1 aromatic rings. The standard InChI is InChI=1S/C22H35N3O4S/c1-4-19-16-24(13-14-29-19)20(5-2)22(26)23-18-10-9-17(3)21(15-18)30(27,28)25-11-7-6-8-12-25/h9-10,15,19-20H,4-8,11-14,16H2,1-3H3,(H,23,26)/t19-,20-/m1/s1. The lowest BCUT2D eigenvalue weighted by molar-refractivity contribution is -0.125. The topological polar surface area (TPSA) is 79.0 Å². The molecule has 2 aliphatic heterocycles. The van der Waals surface area contributed by atoms with Gasteiger partial charge >= 0.3 is 0 Å². The molecule has 1 N–H and O–H groups in total. The summed E-state index contributed by atoms with van der Waals surface area (Å²) in [6.45, 7) is 9.11. The van der Waals surface area contributed by atoms with Gasteiger partial charge in [0.05, 0.1) is 23.6 Å². The van der Waals surface area contributed by atoms with Gasteiger partial charge in [0.2, 0.25) is 15.9 Å². The molecule has 2 heterocycles. The zero-order valence-corrected chi connectivity index (χ0v) is 19.2. The van der Waals surface area contributed by atoms with Gasteiger partial charge in [-0.15, -0.1) is 0 Å². The maximum absolute atomic E-state index is 13.1. The molecule has 1 amide bonds. The van der Waals surface area contributed by atoms with Crippen molar-refractivity contribution < 1.29 is 17.9 Å². The summed E-state index contributed by atoms with van der Waals surface area (Å²) < 4.78 is 33.6. The van der Waals surface area contributed by atoms with Crippen LogP contribution in [0.4, 0.5) is 5.69 Å². The third-order valence-corrected chi connectivity index (χ3v) is 8.18. The van der Waals surface area contributed by atoms with Crippen molar-refractivity contribution in [1.29, 1.82) is 0 Å². The average molecular weight is 438 g/mol. The lowest BCUT2D eigenvalue weighted by Crippen LogP contribution is -2.51. The Morgan fingerprint density at radius 3 is 2.60 bits per heavy atom. The molecule has 168 valence electrons. The number of amides is 1. The fourth-order valence-corrected chi connectivity index (χ4v) is 6.08. The highest BCUT2D eigenvalue weighted by Gasteiger charge is 2.30. The Hall–Kier alpha value is -1.48. The first-order valence-electron chi connectivity index (χ1n) is 11.1. The number of piperidine rings is 1. The third kappa shape index (κ3) is 5.22. The minimum absolute atomic E-state index is 0.0978. The Balaban J connectivity index is 1.76. The molecular weight excluding hydrogens is 402 g/mol. The number of morpholine rings is 1. The number of sulfonamides is 1. The van der Waals surface area contributed by atoms with E-state index in [0.717, 1.165) is 38.8 Å². The van der Waals surface area contributed by atoms with E-state index in [0.29, 0.717) is 37.4 Å². The second-order valence-electron chi connectivity index (χ2n) is 8.25. The number of nitrogens with zero attached hydrogens (tertiary/aromatic N) is 2. The monoisotopic (exact) mass is 437 g/mol. The van der Waals surface area contributed by atoms with Gasteiger partial charge in [0, 0.05) is 31.9 Å². The van der Waals surface area contributed by atoms with Crippen LogP contribution in [0.5, 0.6) is 0 Å². The van der Waals surface area contributed by atoms with Crippen molar-refractivity contribution in [3.63, 3.8) is 0 Å². The zero-order valence-electron chi connectivity index (χ0n) is 18.4. The molecule has 0 aromatic heterocycles. The summed E-state index contributed by atoms with van der Waals surface area (Å²) in [6, 6.07) is 4.91. The van der Waals surface area contributed by atoms with Gasteiger partial charge in [0.25, 0.3) is 0 Å². The smallest absolute Gasteiger partial charge is 0.243 e. The van der Waals surface area contributed by atoms with Gasteiger partial charge in [-0.1, -0.05) is 26.3 Å². The predicted molar refractivity (Wildman–Crippen MR) is 118 cm³/mol. The maximum Gasteiger partial charge on any atom is 0.243 e. The minimum Gasteiger partial charge on any atom is -0.376 e. The van der Waals surface area contributed by atoms with E-state index < -0.39 is 10.0 Å². The van der Waals surface area contributed by atoms with Crippen LogP contribution < -0.4 is 5.32 Å². The summed E-state index contributed by atoms with van der Waals surface area (Å²) in [7, 11) is -3.55. The number of aryl methyl sites for hydroxylation is 1. The van der Waals surface area contributed by atoms with Crippen LogP contribution in [-0.4, -0.2) is 68.5 Å². The van der Waals surface area contributed by atoms with Crippen LogP contribution in [0.3, 0.4) is 0 Å². The van der Waals surface area contributed by atoms with E-state index in [1.165, 1.54) is 0 Å². The Bertz CT molecular complexity index is 837. The van der Waals surface area contributed by atoms with E-state index in [4.69, 9.17) is 4.74 Å². The van der Waals surface area contributed by atoms with Crippen LogP contribution in [0.1, 0.15) is 51.5 Å². The summed E-state index contributed by atoms with van der Waals surface area (Å²) in [5.41, 5.74) is 1.23. The van der Waals surface area contributed by atoms with Gasteiger partial charge in [0.1, 0.15) is 0 Å². The van der Waals surface area contributed by atoms with E-state index in [1.807, 2.05) is 6.92 Å². The molecule has 0 unspecified atom stereocenters. The number of nitrogens with one attached hydrogen (secondary N) is 1. The summed E-state index contributed by atoms with van der Waals surface area (Å²) in [6.07, 6.45) is 4.62. The van der Waals surface area contributed by atoms with Gasteiger partial charge in [0.15, 0.2) is 0 Å². The highest BCUT2D eigenvalue weighted by molar-refractivity contribution is 7.89. The van der Waals surface area contributed by atoms with E-state index in [1.54, 1.807) is 29.4 Å². The summed E-state index contributed by atoms with van der Waals surface area (Å²) >= 11 is 0. The molecule has 2 aliphatic rings. The Morgan fingerprint density at radius 1 is 1.20 bits per heavy atom. The van der Waals surface area contributed by atoms with Crippen molar-refractivity contribution in [3.8, 4) is 0 Å². The first-order chi connectivity index (χ1) is 14.4. The highest BCUT2D eigenvalue weighted by Crippen LogP contribution is 2.26. The largest absolute Gasteiger partial charge is 0.376 e. The van der Waals surface area contributed by atoms with E-state index in [9.17, 15) is 13.2 Å². The molecule has 3 rings (SSSR count). The molecule has 2 fully saturated rings. The molecule has 30 heavy (non-hydrogen) atoms. The number of ether oxygens (including phenoxy) is 1. The van der Waals surface area contributed by atoms with Gasteiger partial charge in [-0.25, -0.2) is 8.42 Å². The minimum atomic E-state index is -3.55. The number of hydrogen-bond donors (Lipinski definition) is 1. The average Bonchev–Trinajstić information content (AvgIpc) is 2.76. The second-order valence-corrected chi connectivity index (χ2v) is 10.2. The molecule has 0 aliphatic carbocycles. The first-order valence-corrected chi connectivity index (χ1v) is 12.6. The van der Waals surface area contributed by atoms with E-state index >= 15 is 0 Å². The lowest BCUT2D eigenvalue weighted by Gasteiger charge is -2.37. The lowest BCUT2D eigenvalue weighted by atomic mass is 10.1. The second kappa shape index (κ2) is 10.2. The fraction of sp³-hybridized carbons (Fsp3) is 0.682. The number of anilines is 1. The Morgan fingerprint density at radius 2 is 1.93 bits per heavy atom. The van der Waals surface area contributed by atoms with Gasteiger partial charge in [-0.05, 0) is 50.3 Å². The number of carbonyl (C=O) groups excluding carboxylic acids is 1. The molecule has 1 aromatic carbocycles. The van der Waals surface area contributed by atoms with Crippen molar-refractivity contribution in [1.82, 2.24) is 9.21 Å².